The molecule has 0 saturated carbocycles. The number of amides is 4. The number of nitrogens with one attached hydrogen (secondary N) is 2. The summed E-state index contributed by atoms with van der Waals surface area (Å²) in [6, 6.07) is 25.2. The van der Waals surface area contributed by atoms with E-state index in [1.54, 1.807) is 86.8 Å². The normalized spacial score (nSPS) is 13.0. The third-order valence-corrected chi connectivity index (χ3v) is 11.0. The minimum Gasteiger partial charge on any atom is -0.493 e. The van der Waals surface area contributed by atoms with Gasteiger partial charge in [0.1, 0.15) is 24.5 Å². The molecule has 0 bridgehead atoms. The van der Waals surface area contributed by atoms with E-state index >= 15 is 0 Å². The van der Waals surface area contributed by atoms with Crippen molar-refractivity contribution >= 4 is 105 Å². The molecular formula is C46H56Cl2N12O9. The first-order valence-corrected chi connectivity index (χ1v) is 21.1. The summed E-state index contributed by atoms with van der Waals surface area (Å²) in [6.45, 7) is 3.98. The molecule has 4 heterocycles. The monoisotopic (exact) mass is 990 g/mol. The number of aromatic nitrogens is 4. The lowest BCUT2D eigenvalue weighted by atomic mass is 10.2. The quantitative estimate of drug-likeness (QED) is 0.127. The van der Waals surface area contributed by atoms with Crippen molar-refractivity contribution in [3.05, 3.63) is 84.9 Å². The van der Waals surface area contributed by atoms with Crippen molar-refractivity contribution in [3.63, 3.8) is 0 Å². The zero-order chi connectivity index (χ0) is 46.7. The first-order valence-electron chi connectivity index (χ1n) is 21.1. The molecule has 4 amide bonds. The summed E-state index contributed by atoms with van der Waals surface area (Å²) >= 11 is 0. The van der Waals surface area contributed by atoms with Crippen LogP contribution in [0.3, 0.4) is 0 Å². The average molecular weight is 992 g/mol. The lowest BCUT2D eigenvalue weighted by molar-refractivity contribution is -0.136. The minimum atomic E-state index is -0.330. The Morgan fingerprint density at radius 1 is 0.507 bits per heavy atom. The highest BCUT2D eigenvalue weighted by atomic mass is 35.5. The zero-order valence-electron chi connectivity index (χ0n) is 38.5. The second-order valence-corrected chi connectivity index (χ2v) is 15.2. The highest BCUT2D eigenvalue weighted by molar-refractivity contribution is 6.04. The smallest absolute Gasteiger partial charge is 0.233 e. The number of nitrogens with two attached hydrogens (primary N) is 2. The lowest BCUT2D eigenvalue weighted by Gasteiger charge is -2.34. The Kier molecular flexibility index (Phi) is 19.5. The summed E-state index contributed by atoms with van der Waals surface area (Å²) in [5.74, 6) is 2.79. The van der Waals surface area contributed by atoms with Crippen molar-refractivity contribution in [2.45, 2.75) is 12.8 Å². The molecule has 69 heavy (non-hydrogen) atoms. The fraction of sp³-hybridized carbons (Fsp3) is 0.304. The Hall–Kier alpha value is -7.62. The van der Waals surface area contributed by atoms with E-state index in [4.69, 9.17) is 30.4 Å². The highest BCUT2D eigenvalue weighted by Gasteiger charge is 2.27. The highest BCUT2D eigenvalue weighted by Crippen LogP contribution is 2.35. The van der Waals surface area contributed by atoms with E-state index < -0.39 is 0 Å². The third-order valence-electron chi connectivity index (χ3n) is 11.0. The van der Waals surface area contributed by atoms with Gasteiger partial charge < -0.3 is 66.1 Å². The fourth-order valence-corrected chi connectivity index (χ4v) is 7.48. The molecule has 2 aromatic heterocycles. The Bertz CT molecular complexity index is 2530. The van der Waals surface area contributed by atoms with E-state index in [9.17, 15) is 19.2 Å². The summed E-state index contributed by atoms with van der Waals surface area (Å²) in [4.78, 5) is 75.0. The second-order valence-electron chi connectivity index (χ2n) is 15.2. The number of benzene rings is 4. The van der Waals surface area contributed by atoms with Gasteiger partial charge in [0.2, 0.25) is 35.5 Å². The van der Waals surface area contributed by atoms with Crippen LogP contribution in [0.4, 0.5) is 34.9 Å². The number of hydrogen-bond donors (Lipinski definition) is 4. The summed E-state index contributed by atoms with van der Waals surface area (Å²) < 4.78 is 21.4. The van der Waals surface area contributed by atoms with Crippen LogP contribution in [-0.4, -0.2) is 140 Å². The van der Waals surface area contributed by atoms with Crippen molar-refractivity contribution in [2.24, 2.45) is 0 Å². The first-order chi connectivity index (χ1) is 32.0. The molecule has 2 fully saturated rings. The molecule has 2 saturated heterocycles. The van der Waals surface area contributed by atoms with Crippen molar-refractivity contribution < 1.29 is 43.6 Å². The van der Waals surface area contributed by atoms with Gasteiger partial charge in [0.05, 0.1) is 39.5 Å². The third kappa shape index (κ3) is 13.3. The predicted octanol–water partition coefficient (Wildman–Crippen LogP) is 3.83. The molecule has 23 heteroatoms. The van der Waals surface area contributed by atoms with Crippen LogP contribution in [0.25, 0.3) is 21.8 Å². The Balaban J connectivity index is 0.000000288. The number of piperazine rings is 2. The number of nitrogens with zero attached hydrogens (tertiary/aromatic N) is 8. The van der Waals surface area contributed by atoms with Crippen LogP contribution in [0, 0.1) is 0 Å². The molecule has 0 aliphatic carbocycles. The van der Waals surface area contributed by atoms with Crippen molar-refractivity contribution in [1.29, 1.82) is 0 Å². The van der Waals surface area contributed by atoms with Crippen molar-refractivity contribution in [1.82, 2.24) is 29.7 Å². The summed E-state index contributed by atoms with van der Waals surface area (Å²) in [5, 5.41) is 6.83. The van der Waals surface area contributed by atoms with E-state index in [2.05, 4.69) is 30.6 Å². The molecule has 4 aromatic carbocycles. The molecule has 0 radical (unpaired) electrons. The van der Waals surface area contributed by atoms with Crippen LogP contribution in [0.5, 0.6) is 23.0 Å². The van der Waals surface area contributed by atoms with Crippen LogP contribution < -0.4 is 50.8 Å². The molecule has 2 aliphatic rings. The maximum atomic E-state index is 12.6. The zero-order valence-corrected chi connectivity index (χ0v) is 40.1. The Labute approximate surface area is 410 Å². The number of methoxy groups -OCH3 is 4. The van der Waals surface area contributed by atoms with Crippen LogP contribution in [0.15, 0.2) is 84.9 Å². The fourth-order valence-electron chi connectivity index (χ4n) is 7.48. The van der Waals surface area contributed by atoms with Gasteiger partial charge in [-0.05, 0) is 36.4 Å². The number of rotatable bonds is 12. The van der Waals surface area contributed by atoms with Gasteiger partial charge in [0.15, 0.2) is 23.0 Å². The van der Waals surface area contributed by atoms with Crippen molar-refractivity contribution in [3.8, 4) is 23.0 Å². The molecule has 0 atom stereocenters. The molecule has 0 spiro atoms. The maximum Gasteiger partial charge on any atom is 0.233 e. The molecule has 8 N–H and O–H groups in total. The largest absolute Gasteiger partial charge is 0.493 e. The Morgan fingerprint density at radius 2 is 0.826 bits per heavy atom. The van der Waals surface area contributed by atoms with E-state index in [-0.39, 0.29) is 66.8 Å². The molecule has 0 unspecified atom stereocenters. The molecule has 6 aromatic rings. The number of carbonyl (C=O) groups excluding carboxylic acids is 4. The van der Waals surface area contributed by atoms with E-state index in [0.717, 1.165) is 0 Å². The molecule has 8 rings (SSSR count). The van der Waals surface area contributed by atoms with E-state index in [1.807, 2.05) is 46.2 Å². The van der Waals surface area contributed by atoms with Crippen LogP contribution in [-0.2, 0) is 19.2 Å². The number of para-hydroxylation sites is 2. The summed E-state index contributed by atoms with van der Waals surface area (Å²) in [7, 11) is 6.24. The van der Waals surface area contributed by atoms with Crippen LogP contribution in [0.2, 0.25) is 0 Å². The number of anilines is 6. The van der Waals surface area contributed by atoms with Gasteiger partial charge in [-0.3, -0.25) is 19.2 Å². The number of nitrogen functional groups attached to an aromatic ring is 2. The number of fused-ring (bicyclic) bond motifs is 2. The molecule has 2 aliphatic heterocycles. The molecule has 368 valence electrons. The van der Waals surface area contributed by atoms with E-state index in [1.165, 1.54) is 0 Å². The standard InChI is InChI=1S/2C23H26N6O4.2ClH.H2O/c2*1-32-18-12-16-17(13-19(18)33-2)26-23(27-22(16)24)29-10-8-28(9-11-29)21(31)14-20(30)25-15-6-4-3-5-7-15;;;/h2*3-7,12-13H,8-11,14H2,1-2H3,(H,25,30)(H2,24,26,27);2*1H;1H2. The van der Waals surface area contributed by atoms with Gasteiger partial charge in [0, 0.05) is 86.6 Å². The number of carbonyl (C=O) groups is 4. The molecular weight excluding hydrogens is 935 g/mol. The van der Waals surface area contributed by atoms with Crippen LogP contribution >= 0.6 is 24.8 Å². The molecule has 21 nitrogen and oxygen atoms in total. The van der Waals surface area contributed by atoms with Crippen molar-refractivity contribution in [2.75, 3.05) is 113 Å². The topological polar surface area (TPSA) is 277 Å². The van der Waals surface area contributed by atoms with Gasteiger partial charge in [-0.2, -0.15) is 9.97 Å². The van der Waals surface area contributed by atoms with Gasteiger partial charge >= 0.3 is 0 Å². The predicted molar refractivity (Wildman–Crippen MR) is 269 cm³/mol. The number of hydrogen-bond acceptors (Lipinski definition) is 16. The Morgan fingerprint density at radius 3 is 1.14 bits per heavy atom. The maximum absolute atomic E-state index is 12.6. The first kappa shape index (κ1) is 54.0. The van der Waals surface area contributed by atoms with Gasteiger partial charge in [0.25, 0.3) is 0 Å². The minimum absolute atomic E-state index is 0. The SMILES string of the molecule is COc1cc2nc(N3CCN(C(=O)CC(=O)Nc4ccccc4)CC3)nc(N)c2cc1OC.COc1cc2nc(N3CCN(C(=O)CC(=O)Nc4ccccc4)CC3)nc(N)c2cc1OC.Cl.Cl.O. The van der Waals surface area contributed by atoms with E-state index in [0.29, 0.717) is 132 Å². The number of halogens is 2. The second kappa shape index (κ2) is 24.9. The van der Waals surface area contributed by atoms with Crippen LogP contribution in [0.1, 0.15) is 12.8 Å². The average Bonchev–Trinajstić information content (AvgIpc) is 3.33. The van der Waals surface area contributed by atoms with Gasteiger partial charge in [-0.15, -0.1) is 24.8 Å². The summed E-state index contributed by atoms with van der Waals surface area (Å²) in [5.41, 5.74) is 15.0. The lowest BCUT2D eigenvalue weighted by Crippen LogP contribution is -2.49. The summed E-state index contributed by atoms with van der Waals surface area (Å²) in [6.07, 6.45) is -0.397. The van der Waals surface area contributed by atoms with Gasteiger partial charge in [-0.25, -0.2) is 9.97 Å². The number of ether oxygens (including phenoxy) is 4. The van der Waals surface area contributed by atoms with Gasteiger partial charge in [-0.1, -0.05) is 36.4 Å².